The number of nitrogens with zero attached hydrogens (tertiary/aromatic N) is 1. The van der Waals surface area contributed by atoms with E-state index < -0.39 is 11.0 Å². The molecule has 0 saturated carbocycles. The fourth-order valence-corrected chi connectivity index (χ4v) is 1.69. The molecular formula is C14H21N3O4. The van der Waals surface area contributed by atoms with Gasteiger partial charge in [-0.3, -0.25) is 14.9 Å². The lowest BCUT2D eigenvalue weighted by molar-refractivity contribution is -0.384. The first-order valence-electron chi connectivity index (χ1n) is 6.92. The van der Waals surface area contributed by atoms with E-state index in [4.69, 9.17) is 5.11 Å². The Bertz CT molecular complexity index is 460. The lowest BCUT2D eigenvalue weighted by Crippen LogP contribution is -2.26. The van der Waals surface area contributed by atoms with Gasteiger partial charge in [0.05, 0.1) is 11.0 Å². The maximum absolute atomic E-state index is 11.5. The molecule has 116 valence electrons. The summed E-state index contributed by atoms with van der Waals surface area (Å²) in [5.41, 5.74) is 0.841. The number of nitrogens with one attached hydrogen (secondary N) is 2. The molecule has 0 heterocycles. The van der Waals surface area contributed by atoms with Crippen LogP contribution in [-0.4, -0.2) is 35.1 Å². The fourth-order valence-electron chi connectivity index (χ4n) is 1.69. The Balaban J connectivity index is 2.16. The van der Waals surface area contributed by atoms with Gasteiger partial charge in [0, 0.05) is 37.3 Å². The highest BCUT2D eigenvalue weighted by atomic mass is 16.6. The molecule has 7 heteroatoms. The highest BCUT2D eigenvalue weighted by molar-refractivity contribution is 5.75. The molecule has 0 saturated heterocycles. The van der Waals surface area contributed by atoms with E-state index in [-0.39, 0.29) is 11.6 Å². The van der Waals surface area contributed by atoms with Crippen LogP contribution in [0.1, 0.15) is 26.2 Å². The zero-order valence-electron chi connectivity index (χ0n) is 12.0. The van der Waals surface area contributed by atoms with Crippen molar-refractivity contribution in [1.82, 2.24) is 5.32 Å². The van der Waals surface area contributed by atoms with Crippen molar-refractivity contribution in [3.8, 4) is 0 Å². The highest BCUT2D eigenvalue weighted by Gasteiger charge is 2.04. The number of anilines is 1. The molecule has 1 unspecified atom stereocenters. The summed E-state index contributed by atoms with van der Waals surface area (Å²) in [6.45, 7) is 2.77. The molecule has 0 bridgehead atoms. The van der Waals surface area contributed by atoms with Gasteiger partial charge >= 0.3 is 0 Å². The normalized spacial score (nSPS) is 11.7. The predicted octanol–water partition coefficient (Wildman–Crippen LogP) is 1.67. The van der Waals surface area contributed by atoms with Crippen molar-refractivity contribution >= 4 is 17.3 Å². The smallest absolute Gasteiger partial charge is 0.269 e. The molecule has 0 aliphatic carbocycles. The number of carbonyl (C=O) groups is 1. The summed E-state index contributed by atoms with van der Waals surface area (Å²) in [7, 11) is 0. The van der Waals surface area contributed by atoms with E-state index in [0.29, 0.717) is 32.4 Å². The van der Waals surface area contributed by atoms with E-state index in [0.717, 1.165) is 5.69 Å². The zero-order chi connectivity index (χ0) is 15.7. The summed E-state index contributed by atoms with van der Waals surface area (Å²) in [5.74, 6) is -0.0406. The molecule has 0 radical (unpaired) electrons. The first-order valence-corrected chi connectivity index (χ1v) is 6.92. The number of aliphatic hydroxyl groups is 1. The fraction of sp³-hybridized carbons (Fsp3) is 0.500. The first-order chi connectivity index (χ1) is 9.99. The van der Waals surface area contributed by atoms with Crippen LogP contribution < -0.4 is 10.6 Å². The molecule has 7 nitrogen and oxygen atoms in total. The van der Waals surface area contributed by atoms with Crippen molar-refractivity contribution in [2.24, 2.45) is 0 Å². The van der Waals surface area contributed by atoms with Crippen LogP contribution in [0.4, 0.5) is 11.4 Å². The second-order valence-electron chi connectivity index (χ2n) is 4.82. The number of aliphatic hydroxyl groups excluding tert-OH is 1. The summed E-state index contributed by atoms with van der Waals surface area (Å²) in [6, 6.07) is 6.15. The quantitative estimate of drug-likeness (QED) is 0.365. The minimum atomic E-state index is -0.443. The number of hydrogen-bond donors (Lipinski definition) is 3. The molecule has 1 aromatic carbocycles. The van der Waals surface area contributed by atoms with Crippen LogP contribution in [-0.2, 0) is 4.79 Å². The van der Waals surface area contributed by atoms with Gasteiger partial charge in [-0.25, -0.2) is 0 Å². The molecule has 0 aliphatic rings. The molecule has 1 aromatic rings. The monoisotopic (exact) mass is 295 g/mol. The summed E-state index contributed by atoms with van der Waals surface area (Å²) in [6.07, 6.45) is 1.21. The molecular weight excluding hydrogens is 274 g/mol. The van der Waals surface area contributed by atoms with E-state index in [1.54, 1.807) is 19.1 Å². The van der Waals surface area contributed by atoms with Gasteiger partial charge in [-0.2, -0.15) is 0 Å². The Kier molecular flexibility index (Phi) is 7.17. The van der Waals surface area contributed by atoms with Gasteiger partial charge in [-0.1, -0.05) is 0 Å². The first kappa shape index (κ1) is 16.9. The molecule has 0 aromatic heterocycles. The van der Waals surface area contributed by atoms with Crippen LogP contribution in [0, 0.1) is 10.1 Å². The number of carbonyl (C=O) groups excluding carboxylic acids is 1. The lowest BCUT2D eigenvalue weighted by atomic mass is 10.2. The third-order valence-electron chi connectivity index (χ3n) is 2.87. The standard InChI is InChI=1S/C14H21N3O4/c1-11(18)8-10-16-14(19)3-2-9-15-12-4-6-13(7-5-12)17(20)21/h4-7,11,15,18H,2-3,8-10H2,1H3,(H,16,19). The Hall–Kier alpha value is -2.15. The molecule has 21 heavy (non-hydrogen) atoms. The topological polar surface area (TPSA) is 104 Å². The number of nitro benzene ring substituents is 1. The summed E-state index contributed by atoms with van der Waals surface area (Å²) in [4.78, 5) is 21.5. The van der Waals surface area contributed by atoms with Crippen molar-refractivity contribution in [3.05, 3.63) is 34.4 Å². The zero-order valence-corrected chi connectivity index (χ0v) is 12.0. The predicted molar refractivity (Wildman–Crippen MR) is 80.1 cm³/mol. The third kappa shape index (κ3) is 7.26. The minimum absolute atomic E-state index is 0.0406. The Morgan fingerprint density at radius 2 is 2.00 bits per heavy atom. The maximum atomic E-state index is 11.5. The van der Waals surface area contributed by atoms with E-state index in [1.807, 2.05) is 0 Å². The molecule has 0 aliphatic heterocycles. The van der Waals surface area contributed by atoms with Crippen LogP contribution >= 0.6 is 0 Å². The van der Waals surface area contributed by atoms with Crippen LogP contribution in [0.15, 0.2) is 24.3 Å². The largest absolute Gasteiger partial charge is 0.393 e. The number of nitro groups is 1. The second kappa shape index (κ2) is 8.91. The number of rotatable bonds is 9. The van der Waals surface area contributed by atoms with Crippen molar-refractivity contribution in [3.63, 3.8) is 0 Å². The molecule has 3 N–H and O–H groups in total. The van der Waals surface area contributed by atoms with E-state index in [1.165, 1.54) is 12.1 Å². The van der Waals surface area contributed by atoms with Crippen molar-refractivity contribution in [2.75, 3.05) is 18.4 Å². The average molecular weight is 295 g/mol. The van der Waals surface area contributed by atoms with Crippen molar-refractivity contribution in [1.29, 1.82) is 0 Å². The van der Waals surface area contributed by atoms with E-state index in [9.17, 15) is 14.9 Å². The number of non-ortho nitro benzene ring substituents is 1. The molecule has 1 rings (SSSR count). The maximum Gasteiger partial charge on any atom is 0.269 e. The number of amides is 1. The number of hydrogen-bond acceptors (Lipinski definition) is 5. The summed E-state index contributed by atoms with van der Waals surface area (Å²) >= 11 is 0. The molecule has 1 amide bonds. The van der Waals surface area contributed by atoms with Crippen molar-refractivity contribution < 1.29 is 14.8 Å². The van der Waals surface area contributed by atoms with Gasteiger partial charge in [0.2, 0.25) is 5.91 Å². The molecule has 0 spiro atoms. The Morgan fingerprint density at radius 3 is 2.57 bits per heavy atom. The lowest BCUT2D eigenvalue weighted by Gasteiger charge is -2.08. The van der Waals surface area contributed by atoms with Gasteiger partial charge in [-0.05, 0) is 31.9 Å². The van der Waals surface area contributed by atoms with Gasteiger partial charge in [0.1, 0.15) is 0 Å². The molecule has 1 atom stereocenters. The molecule has 0 fully saturated rings. The van der Waals surface area contributed by atoms with Gasteiger partial charge in [0.15, 0.2) is 0 Å². The van der Waals surface area contributed by atoms with Gasteiger partial charge in [-0.15, -0.1) is 0 Å². The van der Waals surface area contributed by atoms with E-state index >= 15 is 0 Å². The minimum Gasteiger partial charge on any atom is -0.393 e. The van der Waals surface area contributed by atoms with Crippen LogP contribution in [0.25, 0.3) is 0 Å². The third-order valence-corrected chi connectivity index (χ3v) is 2.87. The van der Waals surface area contributed by atoms with Crippen molar-refractivity contribution in [2.45, 2.75) is 32.3 Å². The van der Waals surface area contributed by atoms with Crippen LogP contribution in [0.2, 0.25) is 0 Å². The summed E-state index contributed by atoms with van der Waals surface area (Å²) in [5, 5.41) is 25.4. The van der Waals surface area contributed by atoms with Crippen LogP contribution in [0.3, 0.4) is 0 Å². The average Bonchev–Trinajstić information content (AvgIpc) is 2.43. The summed E-state index contributed by atoms with van der Waals surface area (Å²) < 4.78 is 0. The second-order valence-corrected chi connectivity index (χ2v) is 4.82. The Morgan fingerprint density at radius 1 is 1.33 bits per heavy atom. The Labute approximate surface area is 123 Å². The number of benzene rings is 1. The van der Waals surface area contributed by atoms with Gasteiger partial charge in [0.25, 0.3) is 5.69 Å². The van der Waals surface area contributed by atoms with E-state index in [2.05, 4.69) is 10.6 Å². The SMILES string of the molecule is CC(O)CCNC(=O)CCCNc1ccc([N+](=O)[O-])cc1. The highest BCUT2D eigenvalue weighted by Crippen LogP contribution is 2.15. The van der Waals surface area contributed by atoms with Crippen LogP contribution in [0.5, 0.6) is 0 Å². The van der Waals surface area contributed by atoms with Gasteiger partial charge < -0.3 is 15.7 Å².